The number of carbonyl (C=O) groups is 2. The molecule has 0 saturated carbocycles. The van der Waals surface area contributed by atoms with Crippen LogP contribution < -0.4 is 14.9 Å². The lowest BCUT2D eigenvalue weighted by atomic mass is 10.2. The number of hydrogen-bond acceptors (Lipinski definition) is 6. The average molecular weight is 460 g/mol. The van der Waals surface area contributed by atoms with E-state index in [-0.39, 0.29) is 35.6 Å². The van der Waals surface area contributed by atoms with Crippen LogP contribution in [0.4, 0.5) is 0 Å². The fourth-order valence-electron chi connectivity index (χ4n) is 2.07. The third kappa shape index (κ3) is 7.45. The first kappa shape index (κ1) is 22.8. The molecule has 0 fully saturated rings. The van der Waals surface area contributed by atoms with Gasteiger partial charge >= 0.3 is 5.97 Å². The second-order valence-electron chi connectivity index (χ2n) is 5.41. The summed E-state index contributed by atoms with van der Waals surface area (Å²) in [4.78, 5) is 23.3. The molecule has 0 heterocycles. The van der Waals surface area contributed by atoms with Crippen LogP contribution in [0, 0.1) is 0 Å². The molecule has 1 amide bonds. The Balaban J connectivity index is 1.90. The van der Waals surface area contributed by atoms with E-state index in [9.17, 15) is 9.59 Å². The van der Waals surface area contributed by atoms with Crippen molar-refractivity contribution in [2.75, 3.05) is 19.8 Å². The summed E-state index contributed by atoms with van der Waals surface area (Å²) in [5.41, 5.74) is 2.87. The quantitative estimate of drug-likeness (QED) is 0.346. The maximum Gasteiger partial charge on any atom is 0.344 e. The van der Waals surface area contributed by atoms with Gasteiger partial charge in [-0.25, -0.2) is 10.2 Å². The van der Waals surface area contributed by atoms with Gasteiger partial charge in [-0.05, 0) is 31.2 Å². The lowest BCUT2D eigenvalue weighted by Gasteiger charge is -2.09. The van der Waals surface area contributed by atoms with Gasteiger partial charge in [-0.15, -0.1) is 0 Å². The van der Waals surface area contributed by atoms with Gasteiger partial charge in [0.15, 0.2) is 19.0 Å². The molecule has 29 heavy (non-hydrogen) atoms. The number of esters is 1. The molecule has 0 bridgehead atoms. The minimum atomic E-state index is -0.534. The second-order valence-corrected chi connectivity index (χ2v) is 6.66. The van der Waals surface area contributed by atoms with Gasteiger partial charge in [0.05, 0.1) is 22.9 Å². The van der Waals surface area contributed by atoms with E-state index < -0.39 is 11.9 Å². The summed E-state index contributed by atoms with van der Waals surface area (Å²) in [7, 11) is 0. The maximum atomic E-state index is 11.9. The summed E-state index contributed by atoms with van der Waals surface area (Å²) < 4.78 is 15.5. The summed E-state index contributed by atoms with van der Waals surface area (Å²) in [6, 6.07) is 9.77. The molecular formula is C19H17Cl3N2O5. The lowest BCUT2D eigenvalue weighted by molar-refractivity contribution is -0.145. The molecule has 0 aromatic heterocycles. The molecule has 2 rings (SSSR count). The van der Waals surface area contributed by atoms with Crippen LogP contribution in [-0.2, 0) is 14.3 Å². The van der Waals surface area contributed by atoms with E-state index in [2.05, 4.69) is 10.5 Å². The van der Waals surface area contributed by atoms with E-state index in [1.165, 1.54) is 18.3 Å². The summed E-state index contributed by atoms with van der Waals surface area (Å²) in [5, 5.41) is 4.57. The molecule has 7 nitrogen and oxygen atoms in total. The summed E-state index contributed by atoms with van der Waals surface area (Å²) in [5.74, 6) is -0.457. The number of benzene rings is 2. The van der Waals surface area contributed by atoms with E-state index in [0.29, 0.717) is 16.3 Å². The third-order valence-electron chi connectivity index (χ3n) is 3.27. The van der Waals surface area contributed by atoms with Gasteiger partial charge in [0.2, 0.25) is 0 Å². The number of nitrogens with one attached hydrogen (secondary N) is 1. The molecule has 0 radical (unpaired) electrons. The van der Waals surface area contributed by atoms with Crippen molar-refractivity contribution in [3.63, 3.8) is 0 Å². The van der Waals surface area contributed by atoms with Crippen LogP contribution in [0.15, 0.2) is 41.5 Å². The van der Waals surface area contributed by atoms with Crippen LogP contribution in [0.3, 0.4) is 0 Å². The highest BCUT2D eigenvalue weighted by molar-refractivity contribution is 6.40. The van der Waals surface area contributed by atoms with Gasteiger partial charge in [-0.3, -0.25) is 4.79 Å². The van der Waals surface area contributed by atoms with Crippen LogP contribution in [-0.4, -0.2) is 37.9 Å². The van der Waals surface area contributed by atoms with Crippen molar-refractivity contribution in [3.8, 4) is 11.5 Å². The third-order valence-corrected chi connectivity index (χ3v) is 4.05. The zero-order valence-electron chi connectivity index (χ0n) is 15.3. The molecular weight excluding hydrogens is 443 g/mol. The number of halogens is 3. The molecule has 0 aliphatic heterocycles. The predicted molar refractivity (Wildman–Crippen MR) is 111 cm³/mol. The SMILES string of the molecule is CCOC(=O)COc1ccccc1/C=N\NC(=O)COc1c(Cl)cc(Cl)cc1Cl. The molecule has 10 heteroatoms. The van der Waals surface area contributed by atoms with Crippen molar-refractivity contribution < 1.29 is 23.8 Å². The van der Waals surface area contributed by atoms with Crippen molar-refractivity contribution in [1.82, 2.24) is 5.43 Å². The average Bonchev–Trinajstić information content (AvgIpc) is 2.66. The number of rotatable bonds is 9. The number of hydrazone groups is 1. The maximum absolute atomic E-state index is 11.9. The minimum absolute atomic E-state index is 0.148. The normalized spacial score (nSPS) is 10.6. The van der Waals surface area contributed by atoms with Crippen molar-refractivity contribution in [1.29, 1.82) is 0 Å². The predicted octanol–water partition coefficient (Wildman–Crippen LogP) is 4.12. The number of ether oxygens (including phenoxy) is 3. The first-order valence-electron chi connectivity index (χ1n) is 8.37. The Kier molecular flexibility index (Phi) is 9.05. The van der Waals surface area contributed by atoms with E-state index in [4.69, 9.17) is 49.0 Å². The van der Waals surface area contributed by atoms with Crippen molar-refractivity contribution in [3.05, 3.63) is 57.0 Å². The first-order valence-corrected chi connectivity index (χ1v) is 9.50. The summed E-state index contributed by atoms with van der Waals surface area (Å²) >= 11 is 17.8. The second kappa shape index (κ2) is 11.5. The first-order chi connectivity index (χ1) is 13.9. The molecule has 2 aromatic carbocycles. The fourth-order valence-corrected chi connectivity index (χ4v) is 2.99. The van der Waals surface area contributed by atoms with Gasteiger partial charge in [-0.2, -0.15) is 5.10 Å². The van der Waals surface area contributed by atoms with E-state index in [0.717, 1.165) is 0 Å². The van der Waals surface area contributed by atoms with Gasteiger partial charge < -0.3 is 14.2 Å². The van der Waals surface area contributed by atoms with Crippen molar-refractivity contribution >= 4 is 52.9 Å². The minimum Gasteiger partial charge on any atom is -0.481 e. The highest BCUT2D eigenvalue weighted by Gasteiger charge is 2.11. The molecule has 0 aliphatic rings. The molecule has 0 atom stereocenters. The van der Waals surface area contributed by atoms with E-state index >= 15 is 0 Å². The van der Waals surface area contributed by atoms with Crippen LogP contribution >= 0.6 is 34.8 Å². The molecule has 2 aromatic rings. The lowest BCUT2D eigenvalue weighted by Crippen LogP contribution is -2.24. The standard InChI is InChI=1S/C19H17Cl3N2O5/c1-2-27-18(26)11-28-16-6-4-3-5-12(16)9-23-24-17(25)10-29-19-14(21)7-13(20)8-15(19)22/h3-9H,2,10-11H2,1H3,(H,24,25)/b23-9-. The number of carbonyl (C=O) groups excluding carboxylic acids is 2. The molecule has 0 spiro atoms. The molecule has 0 aliphatic carbocycles. The highest BCUT2D eigenvalue weighted by atomic mass is 35.5. The van der Waals surface area contributed by atoms with Gasteiger partial charge in [0, 0.05) is 10.6 Å². The number of amides is 1. The van der Waals surface area contributed by atoms with Gasteiger partial charge in [0.25, 0.3) is 5.91 Å². The molecule has 154 valence electrons. The largest absolute Gasteiger partial charge is 0.481 e. The van der Waals surface area contributed by atoms with E-state index in [1.54, 1.807) is 31.2 Å². The van der Waals surface area contributed by atoms with Gasteiger partial charge in [-0.1, -0.05) is 46.9 Å². The van der Waals surface area contributed by atoms with Crippen LogP contribution in [0.5, 0.6) is 11.5 Å². The monoisotopic (exact) mass is 458 g/mol. The Labute approximate surface area is 182 Å². The number of para-hydroxylation sites is 1. The molecule has 0 unspecified atom stereocenters. The van der Waals surface area contributed by atoms with Gasteiger partial charge in [0.1, 0.15) is 5.75 Å². The Hall–Kier alpha value is -2.48. The zero-order chi connectivity index (χ0) is 21.2. The van der Waals surface area contributed by atoms with Crippen molar-refractivity contribution in [2.24, 2.45) is 5.10 Å². The Morgan fingerprint density at radius 3 is 2.45 bits per heavy atom. The van der Waals surface area contributed by atoms with Crippen LogP contribution in [0.2, 0.25) is 15.1 Å². The number of nitrogens with zero attached hydrogens (tertiary/aromatic N) is 1. The summed E-state index contributed by atoms with van der Waals surface area (Å²) in [6.07, 6.45) is 1.38. The smallest absolute Gasteiger partial charge is 0.344 e. The molecule has 0 saturated heterocycles. The topological polar surface area (TPSA) is 86.2 Å². The van der Waals surface area contributed by atoms with Crippen LogP contribution in [0.25, 0.3) is 0 Å². The Morgan fingerprint density at radius 2 is 1.76 bits per heavy atom. The number of hydrogen-bond donors (Lipinski definition) is 1. The Morgan fingerprint density at radius 1 is 1.07 bits per heavy atom. The highest BCUT2D eigenvalue weighted by Crippen LogP contribution is 2.35. The van der Waals surface area contributed by atoms with Crippen molar-refractivity contribution in [2.45, 2.75) is 6.92 Å². The van der Waals surface area contributed by atoms with Crippen LogP contribution in [0.1, 0.15) is 12.5 Å². The van der Waals surface area contributed by atoms with E-state index in [1.807, 2.05) is 0 Å². The molecule has 1 N–H and O–H groups in total. The fraction of sp³-hybridized carbons (Fsp3) is 0.211. The summed E-state index contributed by atoms with van der Waals surface area (Å²) in [6.45, 7) is 1.38. The zero-order valence-corrected chi connectivity index (χ0v) is 17.6. The Bertz CT molecular complexity index is 882.